The van der Waals surface area contributed by atoms with Crippen molar-refractivity contribution in [2.75, 3.05) is 13.2 Å². The molecule has 1 N–H and O–H groups in total. The van der Waals surface area contributed by atoms with Crippen molar-refractivity contribution in [2.45, 2.75) is 46.6 Å². The van der Waals surface area contributed by atoms with Crippen LogP contribution in [0.25, 0.3) is 0 Å². The summed E-state index contributed by atoms with van der Waals surface area (Å²) >= 11 is 0. The predicted octanol–water partition coefficient (Wildman–Crippen LogP) is 2.52. The van der Waals surface area contributed by atoms with E-state index in [0.29, 0.717) is 12.5 Å². The molecule has 102 valence electrons. The SMILES string of the molecule is CC(C)=C[C@@H]1[C@H](C(=O)NC[C@H]2CCCO2)C1(C)C. The summed E-state index contributed by atoms with van der Waals surface area (Å²) in [7, 11) is 0. The number of amides is 1. The van der Waals surface area contributed by atoms with E-state index >= 15 is 0 Å². The number of hydrogen-bond donors (Lipinski definition) is 1. The summed E-state index contributed by atoms with van der Waals surface area (Å²) in [6.07, 6.45) is 4.66. The summed E-state index contributed by atoms with van der Waals surface area (Å²) < 4.78 is 5.52. The van der Waals surface area contributed by atoms with Crippen molar-refractivity contribution < 1.29 is 9.53 Å². The number of nitrogens with one attached hydrogen (secondary N) is 1. The van der Waals surface area contributed by atoms with E-state index in [-0.39, 0.29) is 23.3 Å². The molecule has 2 fully saturated rings. The van der Waals surface area contributed by atoms with Gasteiger partial charge in [-0.05, 0) is 38.0 Å². The van der Waals surface area contributed by atoms with Crippen molar-refractivity contribution in [3.05, 3.63) is 11.6 Å². The summed E-state index contributed by atoms with van der Waals surface area (Å²) in [6, 6.07) is 0. The fourth-order valence-corrected chi connectivity index (χ4v) is 2.98. The molecule has 1 heterocycles. The lowest BCUT2D eigenvalue weighted by atomic mass is 10.1. The van der Waals surface area contributed by atoms with Gasteiger partial charge in [0.25, 0.3) is 0 Å². The Kier molecular flexibility index (Phi) is 3.81. The Labute approximate surface area is 110 Å². The Morgan fingerprint density at radius 2 is 2.17 bits per heavy atom. The molecule has 0 aromatic heterocycles. The molecule has 0 aromatic rings. The third-order valence-electron chi connectivity index (χ3n) is 4.23. The van der Waals surface area contributed by atoms with E-state index in [9.17, 15) is 4.79 Å². The van der Waals surface area contributed by atoms with Gasteiger partial charge in [-0.2, -0.15) is 0 Å². The van der Waals surface area contributed by atoms with Crippen LogP contribution in [0.3, 0.4) is 0 Å². The van der Waals surface area contributed by atoms with Gasteiger partial charge >= 0.3 is 0 Å². The monoisotopic (exact) mass is 251 g/mol. The Morgan fingerprint density at radius 3 is 2.72 bits per heavy atom. The largest absolute Gasteiger partial charge is 0.376 e. The molecule has 0 unspecified atom stereocenters. The first-order chi connectivity index (χ1) is 8.43. The molecule has 2 aliphatic rings. The standard InChI is InChI=1S/C15H25NO2/c1-10(2)8-12-13(15(12,3)4)14(17)16-9-11-6-5-7-18-11/h8,11-13H,5-7,9H2,1-4H3,(H,16,17)/t11-,12-,13-/m1/s1. The van der Waals surface area contributed by atoms with Gasteiger partial charge < -0.3 is 10.1 Å². The molecule has 1 saturated heterocycles. The van der Waals surface area contributed by atoms with Gasteiger partial charge in [-0.3, -0.25) is 4.79 Å². The van der Waals surface area contributed by atoms with E-state index in [1.807, 2.05) is 0 Å². The van der Waals surface area contributed by atoms with Crippen LogP contribution in [0.1, 0.15) is 40.5 Å². The lowest BCUT2D eigenvalue weighted by molar-refractivity contribution is -0.123. The highest BCUT2D eigenvalue weighted by molar-refractivity contribution is 5.83. The van der Waals surface area contributed by atoms with Gasteiger partial charge in [0.1, 0.15) is 0 Å². The molecule has 0 bridgehead atoms. The van der Waals surface area contributed by atoms with Crippen LogP contribution in [-0.4, -0.2) is 25.2 Å². The molecule has 2 rings (SSSR count). The van der Waals surface area contributed by atoms with Gasteiger partial charge in [-0.1, -0.05) is 25.5 Å². The van der Waals surface area contributed by atoms with E-state index in [2.05, 4.69) is 39.1 Å². The second kappa shape index (κ2) is 5.04. The summed E-state index contributed by atoms with van der Waals surface area (Å²) in [5, 5.41) is 3.05. The number of carbonyl (C=O) groups excluding carboxylic acids is 1. The summed E-state index contributed by atoms with van der Waals surface area (Å²) in [6.45, 7) is 10.1. The topological polar surface area (TPSA) is 38.3 Å². The first-order valence-corrected chi connectivity index (χ1v) is 6.97. The summed E-state index contributed by atoms with van der Waals surface area (Å²) in [5.74, 6) is 0.721. The maximum absolute atomic E-state index is 12.2. The number of rotatable bonds is 4. The third-order valence-corrected chi connectivity index (χ3v) is 4.23. The van der Waals surface area contributed by atoms with E-state index in [0.717, 1.165) is 19.4 Å². The van der Waals surface area contributed by atoms with Gasteiger partial charge in [0.2, 0.25) is 5.91 Å². The minimum absolute atomic E-state index is 0.109. The van der Waals surface area contributed by atoms with Gasteiger partial charge in [0, 0.05) is 13.2 Å². The Morgan fingerprint density at radius 1 is 1.44 bits per heavy atom. The first-order valence-electron chi connectivity index (χ1n) is 6.97. The molecule has 1 aliphatic heterocycles. The second-order valence-electron chi connectivity index (χ2n) is 6.45. The predicted molar refractivity (Wildman–Crippen MR) is 72.2 cm³/mol. The fourth-order valence-electron chi connectivity index (χ4n) is 2.98. The summed E-state index contributed by atoms with van der Waals surface area (Å²) in [5.41, 5.74) is 1.40. The number of allylic oxidation sites excluding steroid dienone is 2. The molecule has 1 amide bonds. The number of hydrogen-bond acceptors (Lipinski definition) is 2. The molecular formula is C15H25NO2. The van der Waals surface area contributed by atoms with Crippen molar-refractivity contribution >= 4 is 5.91 Å². The highest BCUT2D eigenvalue weighted by Crippen LogP contribution is 2.59. The highest BCUT2D eigenvalue weighted by atomic mass is 16.5. The molecule has 3 heteroatoms. The first kappa shape index (κ1) is 13.6. The molecular weight excluding hydrogens is 226 g/mol. The van der Waals surface area contributed by atoms with Crippen LogP contribution in [0.5, 0.6) is 0 Å². The maximum atomic E-state index is 12.2. The van der Waals surface area contributed by atoms with E-state index in [1.54, 1.807) is 0 Å². The number of carbonyl (C=O) groups is 1. The van der Waals surface area contributed by atoms with Crippen LogP contribution in [-0.2, 0) is 9.53 Å². The molecule has 18 heavy (non-hydrogen) atoms. The Bertz CT molecular complexity index is 350. The quantitative estimate of drug-likeness (QED) is 0.780. The van der Waals surface area contributed by atoms with Crippen LogP contribution < -0.4 is 5.32 Å². The minimum atomic E-state index is 0.109. The molecule has 3 nitrogen and oxygen atoms in total. The van der Waals surface area contributed by atoms with Crippen molar-refractivity contribution in [2.24, 2.45) is 17.3 Å². The zero-order valence-corrected chi connectivity index (χ0v) is 12.0. The van der Waals surface area contributed by atoms with Gasteiger partial charge in [0.05, 0.1) is 12.0 Å². The van der Waals surface area contributed by atoms with Crippen LogP contribution in [0.4, 0.5) is 0 Å². The smallest absolute Gasteiger partial charge is 0.224 e. The van der Waals surface area contributed by atoms with Crippen LogP contribution in [0, 0.1) is 17.3 Å². The maximum Gasteiger partial charge on any atom is 0.224 e. The van der Waals surface area contributed by atoms with Crippen molar-refractivity contribution in [3.63, 3.8) is 0 Å². The Balaban J connectivity index is 1.84. The zero-order valence-electron chi connectivity index (χ0n) is 12.0. The molecule has 0 spiro atoms. The van der Waals surface area contributed by atoms with Gasteiger partial charge in [0.15, 0.2) is 0 Å². The molecule has 3 atom stereocenters. The molecule has 1 aliphatic carbocycles. The zero-order chi connectivity index (χ0) is 13.3. The van der Waals surface area contributed by atoms with Crippen LogP contribution in [0.15, 0.2) is 11.6 Å². The van der Waals surface area contributed by atoms with Crippen molar-refractivity contribution in [3.8, 4) is 0 Å². The lowest BCUT2D eigenvalue weighted by Crippen LogP contribution is -2.33. The molecule has 0 aromatic carbocycles. The third kappa shape index (κ3) is 2.77. The summed E-state index contributed by atoms with van der Waals surface area (Å²) in [4.78, 5) is 12.2. The average Bonchev–Trinajstić information content (AvgIpc) is 2.70. The van der Waals surface area contributed by atoms with Crippen molar-refractivity contribution in [1.82, 2.24) is 5.32 Å². The van der Waals surface area contributed by atoms with Crippen LogP contribution >= 0.6 is 0 Å². The van der Waals surface area contributed by atoms with Crippen molar-refractivity contribution in [1.29, 1.82) is 0 Å². The lowest BCUT2D eigenvalue weighted by Gasteiger charge is -2.11. The average molecular weight is 251 g/mol. The second-order valence-corrected chi connectivity index (χ2v) is 6.45. The Hall–Kier alpha value is -0.830. The molecule has 0 radical (unpaired) electrons. The molecule has 1 saturated carbocycles. The van der Waals surface area contributed by atoms with Crippen LogP contribution in [0.2, 0.25) is 0 Å². The minimum Gasteiger partial charge on any atom is -0.376 e. The van der Waals surface area contributed by atoms with Gasteiger partial charge in [-0.15, -0.1) is 0 Å². The van der Waals surface area contributed by atoms with E-state index < -0.39 is 0 Å². The van der Waals surface area contributed by atoms with E-state index in [4.69, 9.17) is 4.74 Å². The van der Waals surface area contributed by atoms with E-state index in [1.165, 1.54) is 5.57 Å². The normalized spacial score (nSPS) is 33.0. The number of ether oxygens (including phenoxy) is 1. The highest BCUT2D eigenvalue weighted by Gasteiger charge is 2.60. The van der Waals surface area contributed by atoms with Gasteiger partial charge in [-0.25, -0.2) is 0 Å². The fraction of sp³-hybridized carbons (Fsp3) is 0.800.